The van der Waals surface area contributed by atoms with Gasteiger partial charge in [0, 0.05) is 17.5 Å². The van der Waals surface area contributed by atoms with Crippen molar-refractivity contribution in [2.75, 3.05) is 0 Å². The highest BCUT2D eigenvalue weighted by molar-refractivity contribution is 6.17. The number of halogens is 2. The molecule has 3 nitrogen and oxygen atoms in total. The van der Waals surface area contributed by atoms with Crippen LogP contribution in [-0.2, 0) is 5.88 Å². The number of aryl methyl sites for hydroxylation is 1. The molecule has 0 amide bonds. The average Bonchev–Trinajstić information content (AvgIpc) is 2.61. The van der Waals surface area contributed by atoms with Crippen LogP contribution in [0.15, 0.2) is 18.6 Å². The molecule has 2 aromatic heterocycles. The van der Waals surface area contributed by atoms with E-state index in [4.69, 9.17) is 11.6 Å². The number of hydrogen-bond acceptors (Lipinski definition) is 2. The maximum atomic E-state index is 14.0. The van der Waals surface area contributed by atoms with Crippen molar-refractivity contribution >= 4 is 11.6 Å². The Labute approximate surface area is 97.9 Å². The Kier molecular flexibility index (Phi) is 2.92. The zero-order chi connectivity index (χ0) is 11.7. The molecule has 0 saturated carbocycles. The summed E-state index contributed by atoms with van der Waals surface area (Å²) in [6.45, 7) is 3.74. The smallest absolute Gasteiger partial charge is 0.174 e. The van der Waals surface area contributed by atoms with Gasteiger partial charge in [-0.3, -0.25) is 4.57 Å². The first-order chi connectivity index (χ1) is 7.65. The molecule has 2 rings (SSSR count). The van der Waals surface area contributed by atoms with Crippen LogP contribution in [0.2, 0.25) is 0 Å². The fraction of sp³-hybridized carbons (Fsp3) is 0.273. The first kappa shape index (κ1) is 11.1. The van der Waals surface area contributed by atoms with Crippen molar-refractivity contribution in [2.45, 2.75) is 19.7 Å². The van der Waals surface area contributed by atoms with Gasteiger partial charge in [-0.25, -0.2) is 14.4 Å². The highest BCUT2D eigenvalue weighted by Crippen LogP contribution is 2.18. The van der Waals surface area contributed by atoms with E-state index < -0.39 is 5.82 Å². The second kappa shape index (κ2) is 4.22. The van der Waals surface area contributed by atoms with Gasteiger partial charge in [0.25, 0.3) is 0 Å². The molecule has 0 saturated heterocycles. The van der Waals surface area contributed by atoms with Crippen LogP contribution in [0.3, 0.4) is 0 Å². The van der Waals surface area contributed by atoms with Crippen molar-refractivity contribution in [1.29, 1.82) is 0 Å². The number of rotatable bonds is 2. The minimum atomic E-state index is -0.391. The molecule has 0 atom stereocenters. The Bertz CT molecular complexity index is 522. The topological polar surface area (TPSA) is 30.7 Å². The zero-order valence-corrected chi connectivity index (χ0v) is 9.79. The van der Waals surface area contributed by atoms with E-state index in [1.165, 1.54) is 0 Å². The lowest BCUT2D eigenvalue weighted by atomic mass is 10.2. The molecular weight excluding hydrogens is 229 g/mol. The molecule has 0 spiro atoms. The van der Waals surface area contributed by atoms with E-state index in [-0.39, 0.29) is 11.7 Å². The number of pyridine rings is 1. The third kappa shape index (κ3) is 1.69. The predicted octanol–water partition coefficient (Wildman–Crippen LogP) is 2.76. The Morgan fingerprint density at radius 1 is 1.38 bits per heavy atom. The SMILES string of the molecule is Cc1ncn(-c2nccc(CCl)c2F)c1C. The maximum Gasteiger partial charge on any atom is 0.174 e. The molecule has 0 aliphatic rings. The van der Waals surface area contributed by atoms with E-state index >= 15 is 0 Å². The predicted molar refractivity (Wildman–Crippen MR) is 60.3 cm³/mol. The van der Waals surface area contributed by atoms with Crippen LogP contribution >= 0.6 is 11.6 Å². The molecule has 0 fully saturated rings. The van der Waals surface area contributed by atoms with Crippen LogP contribution in [0.1, 0.15) is 17.0 Å². The van der Waals surface area contributed by atoms with Gasteiger partial charge in [-0.05, 0) is 19.9 Å². The minimum absolute atomic E-state index is 0.133. The van der Waals surface area contributed by atoms with Gasteiger partial charge in [-0.2, -0.15) is 0 Å². The molecule has 0 aliphatic heterocycles. The summed E-state index contributed by atoms with van der Waals surface area (Å²) in [4.78, 5) is 8.13. The summed E-state index contributed by atoms with van der Waals surface area (Å²) in [5, 5.41) is 0. The third-order valence-corrected chi connectivity index (χ3v) is 2.86. The number of hydrogen-bond donors (Lipinski definition) is 0. The third-order valence-electron chi connectivity index (χ3n) is 2.57. The molecule has 84 valence electrons. The Morgan fingerprint density at radius 2 is 2.12 bits per heavy atom. The summed E-state index contributed by atoms with van der Waals surface area (Å²) in [7, 11) is 0. The number of imidazole rings is 1. The van der Waals surface area contributed by atoms with Crippen LogP contribution in [0, 0.1) is 19.7 Å². The number of aromatic nitrogens is 3. The fourth-order valence-corrected chi connectivity index (χ4v) is 1.66. The van der Waals surface area contributed by atoms with Crippen LogP contribution < -0.4 is 0 Å². The van der Waals surface area contributed by atoms with E-state index in [0.717, 1.165) is 11.4 Å². The molecule has 0 N–H and O–H groups in total. The lowest BCUT2D eigenvalue weighted by Crippen LogP contribution is -2.04. The fourth-order valence-electron chi connectivity index (χ4n) is 1.45. The van der Waals surface area contributed by atoms with Crippen LogP contribution in [0.4, 0.5) is 4.39 Å². The molecule has 2 heterocycles. The van der Waals surface area contributed by atoms with Crippen molar-refractivity contribution in [1.82, 2.24) is 14.5 Å². The molecule has 0 bridgehead atoms. The monoisotopic (exact) mass is 239 g/mol. The van der Waals surface area contributed by atoms with E-state index in [9.17, 15) is 4.39 Å². The molecule has 2 aromatic rings. The van der Waals surface area contributed by atoms with Gasteiger partial charge in [0.2, 0.25) is 0 Å². The minimum Gasteiger partial charge on any atom is -0.285 e. The normalized spacial score (nSPS) is 10.8. The van der Waals surface area contributed by atoms with Gasteiger partial charge in [-0.15, -0.1) is 11.6 Å². The maximum absolute atomic E-state index is 14.0. The molecule has 16 heavy (non-hydrogen) atoms. The van der Waals surface area contributed by atoms with Crippen LogP contribution in [0.5, 0.6) is 0 Å². The molecule has 0 unspecified atom stereocenters. The Morgan fingerprint density at radius 3 is 2.69 bits per heavy atom. The Balaban J connectivity index is 2.60. The largest absolute Gasteiger partial charge is 0.285 e. The lowest BCUT2D eigenvalue weighted by molar-refractivity contribution is 0.597. The first-order valence-electron chi connectivity index (χ1n) is 4.85. The van der Waals surface area contributed by atoms with Crippen LogP contribution in [0.25, 0.3) is 5.82 Å². The summed E-state index contributed by atoms with van der Waals surface area (Å²) < 4.78 is 15.6. The average molecular weight is 240 g/mol. The summed E-state index contributed by atoms with van der Waals surface area (Å²) in [5.74, 6) is -0.0112. The number of nitrogens with zero attached hydrogens (tertiary/aromatic N) is 3. The van der Waals surface area contributed by atoms with Gasteiger partial charge in [-0.1, -0.05) is 0 Å². The standard InChI is InChI=1S/C11H11ClFN3/c1-7-8(2)16(6-15-7)11-10(13)9(5-12)3-4-14-11/h3-4,6H,5H2,1-2H3. The molecule has 0 radical (unpaired) electrons. The quantitative estimate of drug-likeness (QED) is 0.755. The van der Waals surface area contributed by atoms with Gasteiger partial charge < -0.3 is 0 Å². The van der Waals surface area contributed by atoms with Crippen molar-refractivity contribution in [3.63, 3.8) is 0 Å². The summed E-state index contributed by atoms with van der Waals surface area (Å²) in [5.41, 5.74) is 2.17. The van der Waals surface area contributed by atoms with Gasteiger partial charge >= 0.3 is 0 Å². The van der Waals surface area contributed by atoms with Crippen LogP contribution in [-0.4, -0.2) is 14.5 Å². The summed E-state index contributed by atoms with van der Waals surface area (Å²) in [6, 6.07) is 1.57. The highest BCUT2D eigenvalue weighted by Gasteiger charge is 2.13. The Hall–Kier alpha value is -1.42. The molecule has 5 heteroatoms. The highest BCUT2D eigenvalue weighted by atomic mass is 35.5. The molecule has 0 aliphatic carbocycles. The van der Waals surface area contributed by atoms with E-state index in [1.54, 1.807) is 23.2 Å². The molecular formula is C11H11ClFN3. The second-order valence-corrected chi connectivity index (χ2v) is 3.79. The van der Waals surface area contributed by atoms with E-state index in [0.29, 0.717) is 5.56 Å². The summed E-state index contributed by atoms with van der Waals surface area (Å²) in [6.07, 6.45) is 3.11. The van der Waals surface area contributed by atoms with Crippen molar-refractivity contribution in [3.8, 4) is 5.82 Å². The second-order valence-electron chi connectivity index (χ2n) is 3.53. The van der Waals surface area contributed by atoms with Crippen molar-refractivity contribution < 1.29 is 4.39 Å². The van der Waals surface area contributed by atoms with Gasteiger partial charge in [0.15, 0.2) is 11.6 Å². The van der Waals surface area contributed by atoms with Gasteiger partial charge in [0.1, 0.15) is 6.33 Å². The zero-order valence-electron chi connectivity index (χ0n) is 9.04. The van der Waals surface area contributed by atoms with Crippen molar-refractivity contribution in [3.05, 3.63) is 41.4 Å². The lowest BCUT2D eigenvalue weighted by Gasteiger charge is -2.07. The van der Waals surface area contributed by atoms with Gasteiger partial charge in [0.05, 0.1) is 11.6 Å². The van der Waals surface area contributed by atoms with E-state index in [1.807, 2.05) is 13.8 Å². The summed E-state index contributed by atoms with van der Waals surface area (Å²) >= 11 is 5.64. The molecule has 0 aromatic carbocycles. The first-order valence-corrected chi connectivity index (χ1v) is 5.39. The number of alkyl halides is 1. The van der Waals surface area contributed by atoms with Crippen molar-refractivity contribution in [2.24, 2.45) is 0 Å². The van der Waals surface area contributed by atoms with E-state index in [2.05, 4.69) is 9.97 Å².